The number of rotatable bonds is 6. The van der Waals surface area contributed by atoms with Crippen LogP contribution in [-0.4, -0.2) is 72.6 Å². The molecule has 1 fully saturated rings. The lowest BCUT2D eigenvalue weighted by atomic mass is 10.1. The molecule has 9 nitrogen and oxygen atoms in total. The lowest BCUT2D eigenvalue weighted by Gasteiger charge is -2.32. The second kappa shape index (κ2) is 9.88. The van der Waals surface area contributed by atoms with E-state index in [0.29, 0.717) is 30.0 Å². The van der Waals surface area contributed by atoms with E-state index in [1.165, 1.54) is 0 Å². The number of anilines is 2. The first kappa shape index (κ1) is 21.8. The minimum absolute atomic E-state index is 0.246. The number of benzene rings is 2. The van der Waals surface area contributed by atoms with Gasteiger partial charge in [0, 0.05) is 26.2 Å². The molecule has 1 N–H and O–H groups in total. The SMILES string of the molecule is COc1ccc(C2=CC(Nc3nc(Oc4ccccc4)nc(N4CCN(C)CC4)n3)=NC2)cc1. The topological polar surface area (TPSA) is 88.0 Å². The number of nitrogens with zero attached hydrogens (tertiary/aromatic N) is 6. The molecule has 2 aliphatic rings. The van der Waals surface area contributed by atoms with Gasteiger partial charge in [-0.1, -0.05) is 30.3 Å². The Hall–Kier alpha value is -3.98. The van der Waals surface area contributed by atoms with E-state index >= 15 is 0 Å². The average molecular weight is 458 g/mol. The predicted octanol–water partition coefficient (Wildman–Crippen LogP) is 3.33. The Kier molecular flexibility index (Phi) is 6.35. The van der Waals surface area contributed by atoms with Crippen LogP contribution in [0.3, 0.4) is 0 Å². The summed E-state index contributed by atoms with van der Waals surface area (Å²) in [7, 11) is 3.78. The highest BCUT2D eigenvalue weighted by molar-refractivity contribution is 6.10. The molecule has 0 unspecified atom stereocenters. The number of amidine groups is 1. The molecule has 9 heteroatoms. The van der Waals surface area contributed by atoms with Crippen LogP contribution in [0.4, 0.5) is 11.9 Å². The summed E-state index contributed by atoms with van der Waals surface area (Å²) in [5.41, 5.74) is 2.21. The molecule has 0 saturated carbocycles. The summed E-state index contributed by atoms with van der Waals surface area (Å²) in [5.74, 6) is 3.19. The first-order valence-electron chi connectivity index (χ1n) is 11.3. The molecule has 34 heavy (non-hydrogen) atoms. The van der Waals surface area contributed by atoms with E-state index in [1.807, 2.05) is 60.7 Å². The van der Waals surface area contributed by atoms with Crippen molar-refractivity contribution >= 4 is 23.3 Å². The standard InChI is InChI=1S/C25H27N7O2/c1-31-12-14-32(15-13-31)24-28-23(29-25(30-24)34-21-6-4-3-5-7-21)27-22-16-19(17-26-22)18-8-10-20(33-2)11-9-18/h3-11,16H,12-15,17H2,1-2H3,(H,26,27,28,29,30). The van der Waals surface area contributed by atoms with Crippen LogP contribution in [0.2, 0.25) is 0 Å². The van der Waals surface area contributed by atoms with Crippen LogP contribution in [0.25, 0.3) is 5.57 Å². The maximum atomic E-state index is 5.94. The number of ether oxygens (including phenoxy) is 2. The summed E-state index contributed by atoms with van der Waals surface area (Å²) < 4.78 is 11.2. The highest BCUT2D eigenvalue weighted by atomic mass is 16.5. The minimum Gasteiger partial charge on any atom is -0.497 e. The number of likely N-dealkylation sites (N-methyl/N-ethyl adjacent to an activating group) is 1. The fourth-order valence-electron chi connectivity index (χ4n) is 3.79. The Balaban J connectivity index is 1.38. The zero-order valence-corrected chi connectivity index (χ0v) is 19.3. The van der Waals surface area contributed by atoms with Crippen LogP contribution in [0.15, 0.2) is 65.7 Å². The summed E-state index contributed by atoms with van der Waals surface area (Å²) in [5, 5.41) is 3.25. The number of aliphatic imine (C=N–C) groups is 1. The number of piperazine rings is 1. The highest BCUT2D eigenvalue weighted by Crippen LogP contribution is 2.24. The van der Waals surface area contributed by atoms with Gasteiger partial charge in [-0.25, -0.2) is 0 Å². The number of aromatic nitrogens is 3. The van der Waals surface area contributed by atoms with E-state index in [2.05, 4.69) is 42.1 Å². The van der Waals surface area contributed by atoms with Crippen molar-refractivity contribution < 1.29 is 9.47 Å². The molecule has 3 aromatic rings. The van der Waals surface area contributed by atoms with Crippen LogP contribution in [-0.2, 0) is 0 Å². The van der Waals surface area contributed by atoms with Gasteiger partial charge in [0.1, 0.15) is 17.3 Å². The largest absolute Gasteiger partial charge is 0.497 e. The van der Waals surface area contributed by atoms with E-state index < -0.39 is 0 Å². The van der Waals surface area contributed by atoms with Crippen LogP contribution in [0.5, 0.6) is 17.5 Å². The molecule has 1 aromatic heterocycles. The third kappa shape index (κ3) is 5.15. The lowest BCUT2D eigenvalue weighted by Crippen LogP contribution is -2.45. The normalized spacial score (nSPS) is 16.1. The van der Waals surface area contributed by atoms with Gasteiger partial charge < -0.3 is 24.6 Å². The molecule has 5 rings (SSSR count). The molecule has 0 spiro atoms. The Morgan fingerprint density at radius 3 is 2.35 bits per heavy atom. The van der Waals surface area contributed by atoms with Gasteiger partial charge >= 0.3 is 6.01 Å². The summed E-state index contributed by atoms with van der Waals surface area (Å²) in [6.45, 7) is 4.16. The van der Waals surface area contributed by atoms with E-state index in [9.17, 15) is 0 Å². The third-order valence-corrected chi connectivity index (χ3v) is 5.77. The van der Waals surface area contributed by atoms with Gasteiger partial charge in [-0.05, 0) is 48.5 Å². The van der Waals surface area contributed by atoms with E-state index in [4.69, 9.17) is 9.47 Å². The zero-order chi connectivity index (χ0) is 23.3. The Morgan fingerprint density at radius 1 is 0.853 bits per heavy atom. The van der Waals surface area contributed by atoms with Crippen molar-refractivity contribution in [2.45, 2.75) is 0 Å². The van der Waals surface area contributed by atoms with Gasteiger partial charge in [-0.15, -0.1) is 0 Å². The quantitative estimate of drug-likeness (QED) is 0.603. The van der Waals surface area contributed by atoms with E-state index in [0.717, 1.165) is 43.1 Å². The number of para-hydroxylation sites is 1. The monoisotopic (exact) mass is 457 g/mol. The van der Waals surface area contributed by atoms with Crippen molar-refractivity contribution in [2.75, 3.05) is 57.1 Å². The molecule has 2 aliphatic heterocycles. The van der Waals surface area contributed by atoms with Crippen LogP contribution < -0.4 is 19.7 Å². The van der Waals surface area contributed by atoms with Gasteiger partial charge in [0.25, 0.3) is 0 Å². The van der Waals surface area contributed by atoms with Crippen LogP contribution in [0.1, 0.15) is 5.56 Å². The number of methoxy groups -OCH3 is 1. The maximum Gasteiger partial charge on any atom is 0.328 e. The lowest BCUT2D eigenvalue weighted by molar-refractivity contribution is 0.310. The highest BCUT2D eigenvalue weighted by Gasteiger charge is 2.20. The fraction of sp³-hybridized carbons (Fsp3) is 0.280. The first-order chi connectivity index (χ1) is 16.7. The molecule has 2 aromatic carbocycles. The Morgan fingerprint density at radius 2 is 1.62 bits per heavy atom. The van der Waals surface area contributed by atoms with E-state index in [-0.39, 0.29) is 6.01 Å². The van der Waals surface area contributed by atoms with Gasteiger partial charge in [-0.2, -0.15) is 15.0 Å². The number of nitrogens with one attached hydrogen (secondary N) is 1. The molecule has 174 valence electrons. The smallest absolute Gasteiger partial charge is 0.328 e. The fourth-order valence-corrected chi connectivity index (χ4v) is 3.79. The third-order valence-electron chi connectivity index (χ3n) is 5.77. The number of hydrogen-bond donors (Lipinski definition) is 1. The summed E-state index contributed by atoms with van der Waals surface area (Å²) in [6, 6.07) is 17.7. The van der Waals surface area contributed by atoms with Crippen molar-refractivity contribution in [3.05, 3.63) is 66.2 Å². The van der Waals surface area contributed by atoms with Crippen molar-refractivity contribution in [3.8, 4) is 17.5 Å². The Bertz CT molecular complexity index is 1190. The van der Waals surface area contributed by atoms with Crippen LogP contribution >= 0.6 is 0 Å². The van der Waals surface area contributed by atoms with Crippen molar-refractivity contribution in [1.29, 1.82) is 0 Å². The predicted molar refractivity (Wildman–Crippen MR) is 133 cm³/mol. The van der Waals surface area contributed by atoms with Gasteiger partial charge in [0.05, 0.1) is 13.7 Å². The Labute approximate surface area is 198 Å². The van der Waals surface area contributed by atoms with Crippen LogP contribution in [0, 0.1) is 0 Å². The summed E-state index contributed by atoms with van der Waals surface area (Å²) in [4.78, 5) is 22.8. The first-order valence-corrected chi connectivity index (χ1v) is 11.3. The van der Waals surface area contributed by atoms with Crippen molar-refractivity contribution in [2.24, 2.45) is 4.99 Å². The second-order valence-corrected chi connectivity index (χ2v) is 8.17. The summed E-state index contributed by atoms with van der Waals surface area (Å²) >= 11 is 0. The molecular formula is C25H27N7O2. The molecular weight excluding hydrogens is 430 g/mol. The van der Waals surface area contributed by atoms with Gasteiger partial charge in [0.15, 0.2) is 0 Å². The molecule has 0 atom stereocenters. The molecule has 3 heterocycles. The van der Waals surface area contributed by atoms with E-state index in [1.54, 1.807) is 7.11 Å². The zero-order valence-electron chi connectivity index (χ0n) is 19.3. The second-order valence-electron chi connectivity index (χ2n) is 8.17. The molecule has 0 amide bonds. The number of hydrogen-bond acceptors (Lipinski definition) is 9. The van der Waals surface area contributed by atoms with Crippen molar-refractivity contribution in [1.82, 2.24) is 19.9 Å². The minimum atomic E-state index is 0.246. The molecule has 0 radical (unpaired) electrons. The summed E-state index contributed by atoms with van der Waals surface area (Å²) in [6.07, 6.45) is 2.01. The van der Waals surface area contributed by atoms with Gasteiger partial charge in [0.2, 0.25) is 11.9 Å². The van der Waals surface area contributed by atoms with Gasteiger partial charge in [-0.3, -0.25) is 4.99 Å². The maximum absolute atomic E-state index is 5.94. The molecule has 1 saturated heterocycles. The molecule has 0 aliphatic carbocycles. The average Bonchev–Trinajstić information content (AvgIpc) is 3.33. The van der Waals surface area contributed by atoms with Crippen molar-refractivity contribution in [3.63, 3.8) is 0 Å². The molecule has 0 bridgehead atoms.